The van der Waals surface area contributed by atoms with Crippen LogP contribution in [0, 0.1) is 0 Å². The Morgan fingerprint density at radius 2 is 1.93 bits per heavy atom. The summed E-state index contributed by atoms with van der Waals surface area (Å²) in [5.74, 6) is 0.294. The summed E-state index contributed by atoms with van der Waals surface area (Å²) in [4.78, 5) is 11.4. The smallest absolute Gasteiger partial charge is 0.155 e. The van der Waals surface area contributed by atoms with Crippen LogP contribution in [0.2, 0.25) is 0 Å². The number of hydrogen-bond donors (Lipinski definition) is 1. The third kappa shape index (κ3) is 2.35. The molecule has 0 spiro atoms. The fraction of sp³-hybridized carbons (Fsp3) is 0.300. The summed E-state index contributed by atoms with van der Waals surface area (Å²) in [6, 6.07) is 7.80. The van der Waals surface area contributed by atoms with Crippen molar-refractivity contribution in [2.75, 3.05) is 6.54 Å². The van der Waals surface area contributed by atoms with Crippen molar-refractivity contribution in [1.82, 2.24) is 5.32 Å². The van der Waals surface area contributed by atoms with Crippen molar-refractivity contribution in [3.8, 4) is 0 Å². The van der Waals surface area contributed by atoms with Crippen LogP contribution < -0.4 is 5.32 Å². The van der Waals surface area contributed by atoms with E-state index in [9.17, 15) is 4.79 Å². The Kier molecular flexibility index (Phi) is 4.11. The minimum atomic E-state index is -0.0758. The fourth-order valence-electron chi connectivity index (χ4n) is 1.56. The van der Waals surface area contributed by atoms with Crippen LogP contribution in [0.5, 0.6) is 0 Å². The number of benzene rings is 1. The highest BCUT2D eigenvalue weighted by atomic mass is 79.9. The lowest BCUT2D eigenvalue weighted by Gasteiger charge is -2.08. The number of nitrogens with one attached hydrogen (secondary N) is 1. The van der Waals surface area contributed by atoms with E-state index in [0.717, 1.165) is 16.6 Å². The lowest BCUT2D eigenvalue weighted by molar-refractivity contribution is -0.118. The largest absolute Gasteiger partial charge is 0.303 e. The van der Waals surface area contributed by atoms with Gasteiger partial charge in [0.2, 0.25) is 0 Å². The highest BCUT2D eigenvalue weighted by Gasteiger charge is 2.24. The van der Waals surface area contributed by atoms with Gasteiger partial charge in [-0.05, 0) is 17.7 Å². The van der Waals surface area contributed by atoms with Gasteiger partial charge in [0.1, 0.15) is 0 Å². The van der Waals surface area contributed by atoms with E-state index in [1.807, 2.05) is 24.3 Å². The van der Waals surface area contributed by atoms with Crippen LogP contribution in [0.15, 0.2) is 28.7 Å². The summed E-state index contributed by atoms with van der Waals surface area (Å²) >= 11 is 3.36. The van der Waals surface area contributed by atoms with E-state index in [4.69, 9.17) is 0 Å². The Labute approximate surface area is 97.6 Å². The van der Waals surface area contributed by atoms with E-state index >= 15 is 0 Å². The summed E-state index contributed by atoms with van der Waals surface area (Å²) in [7, 11) is 0. The predicted octanol–water partition coefficient (Wildman–Crippen LogP) is 2.47. The van der Waals surface area contributed by atoms with E-state index in [-0.39, 0.29) is 18.4 Å². The molecule has 1 aliphatic rings. The van der Waals surface area contributed by atoms with Gasteiger partial charge in [-0.3, -0.25) is 4.79 Å². The molecule has 1 aliphatic heterocycles. The van der Waals surface area contributed by atoms with Gasteiger partial charge in [0.25, 0.3) is 0 Å². The molecule has 1 aromatic carbocycles. The van der Waals surface area contributed by atoms with Gasteiger partial charge in [-0.25, -0.2) is 0 Å². The molecule has 2 rings (SSSR count). The monoisotopic (exact) mass is 275 g/mol. The zero-order chi connectivity index (χ0) is 9.26. The lowest BCUT2D eigenvalue weighted by Crippen LogP contribution is -2.17. The highest BCUT2D eigenvalue weighted by molar-refractivity contribution is 9.10. The standard InChI is InChI=1S/C10H10BrNO.ClH/c11-8-3-1-7(2-4-8)10-9(13)5-6-12-10;/h1-4,10,12H,5-6H2;1H. The number of halogens is 2. The summed E-state index contributed by atoms with van der Waals surface area (Å²) in [6.45, 7) is 0.805. The molecule has 0 amide bonds. The van der Waals surface area contributed by atoms with Crippen LogP contribution in [-0.4, -0.2) is 12.3 Å². The zero-order valence-electron chi connectivity index (χ0n) is 7.50. The van der Waals surface area contributed by atoms with Gasteiger partial charge in [-0.15, -0.1) is 12.4 Å². The molecule has 1 fully saturated rings. The van der Waals surface area contributed by atoms with Gasteiger partial charge in [0, 0.05) is 17.4 Å². The molecule has 1 atom stereocenters. The average Bonchev–Trinajstić information content (AvgIpc) is 2.53. The van der Waals surface area contributed by atoms with Crippen molar-refractivity contribution in [1.29, 1.82) is 0 Å². The summed E-state index contributed by atoms with van der Waals surface area (Å²) < 4.78 is 1.04. The zero-order valence-corrected chi connectivity index (χ0v) is 9.90. The highest BCUT2D eigenvalue weighted by Crippen LogP contribution is 2.21. The quantitative estimate of drug-likeness (QED) is 0.854. The van der Waals surface area contributed by atoms with Gasteiger partial charge >= 0.3 is 0 Å². The SMILES string of the molecule is Cl.O=C1CCNC1c1ccc(Br)cc1. The Hall–Kier alpha value is -0.380. The number of ketones is 1. The maximum Gasteiger partial charge on any atom is 0.155 e. The third-order valence-electron chi connectivity index (χ3n) is 2.25. The van der Waals surface area contributed by atoms with Gasteiger partial charge in [-0.1, -0.05) is 28.1 Å². The summed E-state index contributed by atoms with van der Waals surface area (Å²) in [6.07, 6.45) is 0.654. The molecule has 1 saturated heterocycles. The second-order valence-electron chi connectivity index (χ2n) is 3.16. The number of Topliss-reactive ketones (excluding diaryl/α,β-unsaturated/α-hetero) is 1. The number of carbonyl (C=O) groups excluding carboxylic acids is 1. The summed E-state index contributed by atoms with van der Waals surface area (Å²) in [5, 5.41) is 3.18. The number of carbonyl (C=O) groups is 1. The van der Waals surface area contributed by atoms with Crippen molar-refractivity contribution in [3.05, 3.63) is 34.3 Å². The molecule has 14 heavy (non-hydrogen) atoms. The Morgan fingerprint density at radius 3 is 2.43 bits per heavy atom. The van der Waals surface area contributed by atoms with Crippen LogP contribution in [0.1, 0.15) is 18.0 Å². The molecule has 0 radical (unpaired) electrons. The minimum absolute atomic E-state index is 0. The first kappa shape index (κ1) is 11.7. The molecule has 1 aromatic rings. The van der Waals surface area contributed by atoms with Crippen LogP contribution in [-0.2, 0) is 4.79 Å². The molecule has 4 heteroatoms. The van der Waals surface area contributed by atoms with Crippen molar-refractivity contribution < 1.29 is 4.79 Å². The molecule has 0 saturated carbocycles. The minimum Gasteiger partial charge on any atom is -0.303 e. The molecule has 1 heterocycles. The van der Waals surface area contributed by atoms with Crippen molar-refractivity contribution in [3.63, 3.8) is 0 Å². The first-order chi connectivity index (χ1) is 6.27. The lowest BCUT2D eigenvalue weighted by atomic mass is 10.0. The second kappa shape index (κ2) is 4.91. The molecule has 1 N–H and O–H groups in total. The van der Waals surface area contributed by atoms with Crippen molar-refractivity contribution >= 4 is 34.1 Å². The second-order valence-corrected chi connectivity index (χ2v) is 4.07. The molecular weight excluding hydrogens is 265 g/mol. The normalized spacial score (nSPS) is 20.6. The van der Waals surface area contributed by atoms with Crippen LogP contribution in [0.25, 0.3) is 0 Å². The van der Waals surface area contributed by atoms with Gasteiger partial charge in [0.05, 0.1) is 6.04 Å². The van der Waals surface area contributed by atoms with Crippen LogP contribution in [0.4, 0.5) is 0 Å². The van der Waals surface area contributed by atoms with Crippen LogP contribution >= 0.6 is 28.3 Å². The Morgan fingerprint density at radius 1 is 1.29 bits per heavy atom. The van der Waals surface area contributed by atoms with Crippen LogP contribution in [0.3, 0.4) is 0 Å². The molecule has 0 aromatic heterocycles. The molecule has 1 unspecified atom stereocenters. The molecule has 2 nitrogen and oxygen atoms in total. The Balaban J connectivity index is 0.000000980. The number of hydrogen-bond acceptors (Lipinski definition) is 2. The van der Waals surface area contributed by atoms with Gasteiger partial charge < -0.3 is 5.32 Å². The Bertz CT molecular complexity index is 325. The topological polar surface area (TPSA) is 29.1 Å². The maximum atomic E-state index is 11.4. The first-order valence-electron chi connectivity index (χ1n) is 4.29. The third-order valence-corrected chi connectivity index (χ3v) is 2.77. The van der Waals surface area contributed by atoms with E-state index in [1.165, 1.54) is 0 Å². The van der Waals surface area contributed by atoms with E-state index in [0.29, 0.717) is 12.2 Å². The first-order valence-corrected chi connectivity index (χ1v) is 5.08. The van der Waals surface area contributed by atoms with E-state index < -0.39 is 0 Å². The molecule has 76 valence electrons. The van der Waals surface area contributed by atoms with E-state index in [1.54, 1.807) is 0 Å². The average molecular weight is 277 g/mol. The maximum absolute atomic E-state index is 11.4. The molecule has 0 aliphatic carbocycles. The number of rotatable bonds is 1. The summed E-state index contributed by atoms with van der Waals surface area (Å²) in [5.41, 5.74) is 1.06. The van der Waals surface area contributed by atoms with E-state index in [2.05, 4.69) is 21.2 Å². The van der Waals surface area contributed by atoms with Gasteiger partial charge in [0.15, 0.2) is 5.78 Å². The van der Waals surface area contributed by atoms with Crippen molar-refractivity contribution in [2.45, 2.75) is 12.5 Å². The fourth-order valence-corrected chi connectivity index (χ4v) is 1.82. The molecule has 0 bridgehead atoms. The van der Waals surface area contributed by atoms with Gasteiger partial charge in [-0.2, -0.15) is 0 Å². The molecular formula is C10H11BrClNO. The van der Waals surface area contributed by atoms with Crippen molar-refractivity contribution in [2.24, 2.45) is 0 Å². The predicted molar refractivity (Wildman–Crippen MR) is 61.8 cm³/mol.